The SMILES string of the molecule is CC1Cc2cc(S(N)(=O)=O)ccc2N1S(=O)(=O)c1ccc(Br)s1. The molecule has 0 aliphatic carbocycles. The third-order valence-electron chi connectivity index (χ3n) is 3.59. The summed E-state index contributed by atoms with van der Waals surface area (Å²) in [7, 11) is -7.50. The minimum atomic E-state index is -3.82. The first kappa shape index (κ1) is 16.9. The normalized spacial score (nSPS) is 18.2. The lowest BCUT2D eigenvalue weighted by atomic mass is 10.1. The summed E-state index contributed by atoms with van der Waals surface area (Å²) in [4.78, 5) is -0.0124. The minimum absolute atomic E-state index is 0.0124. The van der Waals surface area contributed by atoms with E-state index in [4.69, 9.17) is 5.14 Å². The van der Waals surface area contributed by atoms with Gasteiger partial charge >= 0.3 is 0 Å². The van der Waals surface area contributed by atoms with Crippen molar-refractivity contribution in [2.75, 3.05) is 4.31 Å². The Hall–Kier alpha value is -0.940. The molecule has 0 bridgehead atoms. The van der Waals surface area contributed by atoms with Crippen molar-refractivity contribution in [2.24, 2.45) is 5.14 Å². The van der Waals surface area contributed by atoms with E-state index in [1.54, 1.807) is 19.1 Å². The van der Waals surface area contributed by atoms with Crippen LogP contribution in [0.4, 0.5) is 5.69 Å². The molecule has 0 spiro atoms. The van der Waals surface area contributed by atoms with Crippen LogP contribution in [-0.2, 0) is 26.5 Å². The second-order valence-electron chi connectivity index (χ2n) is 5.25. The summed E-state index contributed by atoms with van der Waals surface area (Å²) in [6.45, 7) is 1.79. The van der Waals surface area contributed by atoms with Gasteiger partial charge in [0, 0.05) is 6.04 Å². The van der Waals surface area contributed by atoms with Gasteiger partial charge in [0.15, 0.2) is 0 Å². The summed E-state index contributed by atoms with van der Waals surface area (Å²) in [5.41, 5.74) is 1.15. The Labute approximate surface area is 147 Å². The van der Waals surface area contributed by atoms with Gasteiger partial charge in [0.05, 0.1) is 14.4 Å². The van der Waals surface area contributed by atoms with Crippen LogP contribution in [0.15, 0.2) is 43.2 Å². The van der Waals surface area contributed by atoms with Gasteiger partial charge in [0.25, 0.3) is 10.0 Å². The van der Waals surface area contributed by atoms with Gasteiger partial charge in [0.1, 0.15) is 4.21 Å². The van der Waals surface area contributed by atoms with Crippen LogP contribution in [0.5, 0.6) is 0 Å². The fraction of sp³-hybridized carbons (Fsp3) is 0.231. The Morgan fingerprint density at radius 3 is 2.48 bits per heavy atom. The number of primary sulfonamides is 1. The van der Waals surface area contributed by atoms with E-state index >= 15 is 0 Å². The largest absolute Gasteiger partial charge is 0.274 e. The molecule has 0 fully saturated rings. The van der Waals surface area contributed by atoms with Crippen molar-refractivity contribution in [3.05, 3.63) is 39.7 Å². The van der Waals surface area contributed by atoms with Crippen molar-refractivity contribution in [3.8, 4) is 0 Å². The molecular formula is C13H13BrN2O4S3. The summed E-state index contributed by atoms with van der Waals surface area (Å²) in [6, 6.07) is 7.21. The number of fused-ring (bicyclic) bond motifs is 1. The Bertz CT molecular complexity index is 982. The van der Waals surface area contributed by atoms with Crippen LogP contribution in [0.25, 0.3) is 0 Å². The van der Waals surface area contributed by atoms with Crippen molar-refractivity contribution < 1.29 is 16.8 Å². The molecule has 1 atom stereocenters. The number of benzene rings is 1. The maximum absolute atomic E-state index is 12.9. The Morgan fingerprint density at radius 1 is 1.22 bits per heavy atom. The number of hydrogen-bond donors (Lipinski definition) is 1. The summed E-state index contributed by atoms with van der Waals surface area (Å²) in [6.07, 6.45) is 0.435. The molecule has 0 radical (unpaired) electrons. The quantitative estimate of drug-likeness (QED) is 0.797. The predicted molar refractivity (Wildman–Crippen MR) is 92.7 cm³/mol. The average Bonchev–Trinajstić information content (AvgIpc) is 2.99. The lowest BCUT2D eigenvalue weighted by molar-refractivity contribution is 0.586. The molecule has 1 aromatic heterocycles. The van der Waals surface area contributed by atoms with Gasteiger partial charge in [-0.2, -0.15) is 0 Å². The number of nitrogens with two attached hydrogens (primary N) is 1. The number of thiophene rings is 1. The second-order valence-corrected chi connectivity index (χ2v) is 11.3. The molecular weight excluding hydrogens is 424 g/mol. The Balaban J connectivity index is 2.11. The van der Waals surface area contributed by atoms with Crippen LogP contribution in [0.1, 0.15) is 12.5 Å². The first-order valence-corrected chi connectivity index (χ1v) is 11.2. The number of hydrogen-bond acceptors (Lipinski definition) is 5. The molecule has 1 unspecified atom stereocenters. The molecule has 2 heterocycles. The topological polar surface area (TPSA) is 97.5 Å². The fourth-order valence-electron chi connectivity index (χ4n) is 2.66. The van der Waals surface area contributed by atoms with E-state index in [0.717, 1.165) is 15.1 Å². The van der Waals surface area contributed by atoms with E-state index in [9.17, 15) is 16.8 Å². The molecule has 124 valence electrons. The molecule has 3 rings (SSSR count). The average molecular weight is 437 g/mol. The predicted octanol–water partition coefficient (Wildman–Crippen LogP) is 2.30. The molecule has 6 nitrogen and oxygen atoms in total. The fourth-order valence-corrected chi connectivity index (χ4v) is 7.01. The molecule has 0 saturated carbocycles. The molecule has 1 aromatic carbocycles. The van der Waals surface area contributed by atoms with Gasteiger partial charge in [-0.1, -0.05) is 0 Å². The van der Waals surface area contributed by atoms with E-state index < -0.39 is 20.0 Å². The summed E-state index contributed by atoms with van der Waals surface area (Å²) >= 11 is 4.40. The highest BCUT2D eigenvalue weighted by Gasteiger charge is 2.37. The molecule has 2 N–H and O–H groups in total. The van der Waals surface area contributed by atoms with Crippen LogP contribution >= 0.6 is 27.3 Å². The smallest absolute Gasteiger partial charge is 0.262 e. The molecule has 0 saturated heterocycles. The molecule has 10 heteroatoms. The number of sulfonamides is 2. The zero-order valence-electron chi connectivity index (χ0n) is 11.9. The zero-order chi connectivity index (χ0) is 17.0. The van der Waals surface area contributed by atoms with Crippen molar-refractivity contribution >= 4 is 53.0 Å². The van der Waals surface area contributed by atoms with E-state index in [1.807, 2.05) is 0 Å². The first-order chi connectivity index (χ1) is 10.6. The maximum atomic E-state index is 12.9. The lowest BCUT2D eigenvalue weighted by Gasteiger charge is -2.23. The third-order valence-corrected chi connectivity index (χ3v) is 8.52. The molecule has 1 aliphatic heterocycles. The molecule has 23 heavy (non-hydrogen) atoms. The van der Waals surface area contributed by atoms with Gasteiger partial charge in [0.2, 0.25) is 10.0 Å². The Morgan fingerprint density at radius 2 is 1.91 bits per heavy atom. The zero-order valence-corrected chi connectivity index (χ0v) is 16.0. The van der Waals surface area contributed by atoms with Gasteiger partial charge in [-0.15, -0.1) is 11.3 Å². The number of anilines is 1. The van der Waals surface area contributed by atoms with Gasteiger partial charge in [-0.05, 0) is 65.2 Å². The van der Waals surface area contributed by atoms with Crippen molar-refractivity contribution in [1.82, 2.24) is 0 Å². The van der Waals surface area contributed by atoms with Crippen LogP contribution in [-0.4, -0.2) is 22.9 Å². The second kappa shape index (κ2) is 5.55. The minimum Gasteiger partial charge on any atom is -0.262 e. The number of halogens is 1. The molecule has 1 aliphatic rings. The van der Waals surface area contributed by atoms with Crippen LogP contribution in [0.3, 0.4) is 0 Å². The number of rotatable bonds is 3. The lowest BCUT2D eigenvalue weighted by Crippen LogP contribution is -2.35. The maximum Gasteiger partial charge on any atom is 0.274 e. The first-order valence-electron chi connectivity index (χ1n) is 6.56. The van der Waals surface area contributed by atoms with Crippen LogP contribution in [0, 0.1) is 0 Å². The van der Waals surface area contributed by atoms with E-state index in [2.05, 4.69) is 15.9 Å². The van der Waals surface area contributed by atoms with E-state index in [1.165, 1.54) is 22.5 Å². The van der Waals surface area contributed by atoms with Gasteiger partial charge < -0.3 is 0 Å². The Kier molecular flexibility index (Phi) is 4.08. The van der Waals surface area contributed by atoms with Crippen LogP contribution in [0.2, 0.25) is 0 Å². The monoisotopic (exact) mass is 436 g/mol. The molecule has 0 amide bonds. The standard InChI is InChI=1S/C13H13BrN2O4S3/c1-8-6-9-7-10(22(15,17)18)2-3-11(9)16(8)23(19,20)13-5-4-12(14)21-13/h2-5,7-8H,6H2,1H3,(H2,15,17,18). The molecule has 2 aromatic rings. The third kappa shape index (κ3) is 2.93. The highest BCUT2D eigenvalue weighted by Crippen LogP contribution is 2.39. The summed E-state index contributed by atoms with van der Waals surface area (Å²) < 4.78 is 51.0. The summed E-state index contributed by atoms with van der Waals surface area (Å²) in [5, 5.41) is 5.14. The number of nitrogens with zero attached hydrogens (tertiary/aromatic N) is 1. The van der Waals surface area contributed by atoms with E-state index in [0.29, 0.717) is 17.7 Å². The van der Waals surface area contributed by atoms with Crippen molar-refractivity contribution in [3.63, 3.8) is 0 Å². The van der Waals surface area contributed by atoms with Crippen molar-refractivity contribution in [1.29, 1.82) is 0 Å². The highest BCUT2D eigenvalue weighted by atomic mass is 79.9. The van der Waals surface area contributed by atoms with Gasteiger partial charge in [-0.25, -0.2) is 22.0 Å². The highest BCUT2D eigenvalue weighted by molar-refractivity contribution is 9.11. The van der Waals surface area contributed by atoms with Gasteiger partial charge in [-0.3, -0.25) is 4.31 Å². The summed E-state index contributed by atoms with van der Waals surface area (Å²) in [5.74, 6) is 0. The van der Waals surface area contributed by atoms with Crippen molar-refractivity contribution in [2.45, 2.75) is 28.5 Å². The van der Waals surface area contributed by atoms with E-state index in [-0.39, 0.29) is 15.1 Å². The van der Waals surface area contributed by atoms with Crippen LogP contribution < -0.4 is 9.44 Å².